The number of fused-ring (bicyclic) bond motifs is 1. The van der Waals surface area contributed by atoms with E-state index >= 15 is 0 Å². The topological polar surface area (TPSA) is 70.5 Å². The molecular formula is C22H30N4O2. The van der Waals surface area contributed by atoms with E-state index in [1.807, 2.05) is 6.07 Å². The van der Waals surface area contributed by atoms with Gasteiger partial charge in [-0.15, -0.1) is 0 Å². The van der Waals surface area contributed by atoms with Gasteiger partial charge in [-0.1, -0.05) is 31.2 Å². The highest BCUT2D eigenvalue weighted by Crippen LogP contribution is 2.38. The molecule has 0 bridgehead atoms. The van der Waals surface area contributed by atoms with Crippen LogP contribution in [0.4, 0.5) is 5.82 Å². The maximum Gasteiger partial charge on any atom is 0.218 e. The second kappa shape index (κ2) is 8.05. The minimum Gasteiger partial charge on any atom is -0.474 e. The SMILES string of the molecule is C[C@@H]1C[C@H](Oc2cc(N[C@H]3c4ccccc4C[C@H]3CN(C)C)ncn2)C[C@@H]1O. The zero-order chi connectivity index (χ0) is 19.7. The third-order valence-electron chi connectivity index (χ3n) is 5.97. The number of aliphatic hydroxyl groups is 1. The van der Waals surface area contributed by atoms with Gasteiger partial charge in [0, 0.05) is 24.9 Å². The van der Waals surface area contributed by atoms with Gasteiger partial charge >= 0.3 is 0 Å². The Morgan fingerprint density at radius 2 is 2.04 bits per heavy atom. The largest absolute Gasteiger partial charge is 0.474 e. The number of nitrogens with zero attached hydrogens (tertiary/aromatic N) is 3. The summed E-state index contributed by atoms with van der Waals surface area (Å²) in [5, 5.41) is 13.6. The Kier molecular flexibility index (Phi) is 5.51. The van der Waals surface area contributed by atoms with Crippen molar-refractivity contribution >= 4 is 5.82 Å². The highest BCUT2D eigenvalue weighted by molar-refractivity contribution is 5.45. The van der Waals surface area contributed by atoms with Crippen LogP contribution in [-0.2, 0) is 6.42 Å². The molecule has 1 heterocycles. The fourth-order valence-corrected chi connectivity index (χ4v) is 4.59. The molecule has 0 radical (unpaired) electrons. The number of nitrogens with one attached hydrogen (secondary N) is 1. The van der Waals surface area contributed by atoms with Crippen molar-refractivity contribution in [3.8, 4) is 5.88 Å². The van der Waals surface area contributed by atoms with E-state index in [1.54, 1.807) is 6.33 Å². The molecule has 4 rings (SSSR count). The molecule has 1 aromatic heterocycles. The number of aromatic nitrogens is 2. The fourth-order valence-electron chi connectivity index (χ4n) is 4.59. The van der Waals surface area contributed by atoms with Gasteiger partial charge in [0.05, 0.1) is 12.1 Å². The Morgan fingerprint density at radius 3 is 2.79 bits per heavy atom. The molecule has 150 valence electrons. The zero-order valence-electron chi connectivity index (χ0n) is 16.9. The summed E-state index contributed by atoms with van der Waals surface area (Å²) in [6, 6.07) is 10.7. The second-order valence-electron chi connectivity index (χ2n) is 8.54. The Labute approximate surface area is 167 Å². The molecular weight excluding hydrogens is 352 g/mol. The molecule has 1 aromatic carbocycles. The smallest absolute Gasteiger partial charge is 0.218 e. The van der Waals surface area contributed by atoms with Crippen molar-refractivity contribution in [1.29, 1.82) is 0 Å². The predicted octanol–water partition coefficient (Wildman–Crippen LogP) is 2.90. The summed E-state index contributed by atoms with van der Waals surface area (Å²) in [6.45, 7) is 3.07. The van der Waals surface area contributed by atoms with Crippen molar-refractivity contribution in [3.63, 3.8) is 0 Å². The Hall–Kier alpha value is -2.18. The van der Waals surface area contributed by atoms with Crippen LogP contribution in [0.1, 0.15) is 36.9 Å². The van der Waals surface area contributed by atoms with Crippen LogP contribution in [0, 0.1) is 11.8 Å². The van der Waals surface area contributed by atoms with E-state index in [0.29, 0.717) is 18.2 Å². The summed E-state index contributed by atoms with van der Waals surface area (Å²) < 4.78 is 6.02. The van der Waals surface area contributed by atoms with Crippen molar-refractivity contribution in [2.45, 2.75) is 44.4 Å². The first-order chi connectivity index (χ1) is 13.5. The molecule has 28 heavy (non-hydrogen) atoms. The van der Waals surface area contributed by atoms with Gasteiger partial charge in [-0.2, -0.15) is 0 Å². The molecule has 5 atom stereocenters. The summed E-state index contributed by atoms with van der Waals surface area (Å²) in [5.74, 6) is 2.10. The molecule has 0 unspecified atom stereocenters. The summed E-state index contributed by atoms with van der Waals surface area (Å²) in [5.41, 5.74) is 2.76. The van der Waals surface area contributed by atoms with Gasteiger partial charge in [0.25, 0.3) is 0 Å². The number of aliphatic hydroxyl groups excluding tert-OH is 1. The van der Waals surface area contributed by atoms with Crippen LogP contribution >= 0.6 is 0 Å². The lowest BCUT2D eigenvalue weighted by atomic mass is 10.00. The number of hydrogen-bond acceptors (Lipinski definition) is 6. The molecule has 0 amide bonds. The van der Waals surface area contributed by atoms with Gasteiger partial charge in [-0.05, 0) is 44.0 Å². The lowest BCUT2D eigenvalue weighted by molar-refractivity contribution is 0.128. The molecule has 0 aliphatic heterocycles. The third-order valence-corrected chi connectivity index (χ3v) is 5.97. The Balaban J connectivity index is 1.49. The molecule has 0 saturated heterocycles. The lowest BCUT2D eigenvalue weighted by Crippen LogP contribution is -2.28. The molecule has 0 spiro atoms. The van der Waals surface area contributed by atoms with Crippen LogP contribution in [0.3, 0.4) is 0 Å². The maximum absolute atomic E-state index is 9.96. The number of ether oxygens (including phenoxy) is 1. The van der Waals surface area contributed by atoms with E-state index in [4.69, 9.17) is 4.74 Å². The van der Waals surface area contributed by atoms with E-state index in [1.165, 1.54) is 11.1 Å². The van der Waals surface area contributed by atoms with E-state index in [9.17, 15) is 5.11 Å². The highest BCUT2D eigenvalue weighted by atomic mass is 16.5. The first-order valence-electron chi connectivity index (χ1n) is 10.2. The van der Waals surface area contributed by atoms with Crippen molar-refractivity contribution in [3.05, 3.63) is 47.8 Å². The van der Waals surface area contributed by atoms with Crippen LogP contribution in [0.15, 0.2) is 36.7 Å². The van der Waals surface area contributed by atoms with Gasteiger partial charge in [0.2, 0.25) is 5.88 Å². The molecule has 6 heteroatoms. The van der Waals surface area contributed by atoms with Crippen molar-refractivity contribution in [2.24, 2.45) is 11.8 Å². The maximum atomic E-state index is 9.96. The number of hydrogen-bond donors (Lipinski definition) is 2. The quantitative estimate of drug-likeness (QED) is 0.801. The molecule has 1 fully saturated rings. The van der Waals surface area contributed by atoms with Gasteiger partial charge in [-0.25, -0.2) is 9.97 Å². The number of benzene rings is 1. The minimum atomic E-state index is -0.286. The van der Waals surface area contributed by atoms with Gasteiger partial charge < -0.3 is 20.1 Å². The van der Waals surface area contributed by atoms with Crippen LogP contribution in [0.2, 0.25) is 0 Å². The molecule has 2 aliphatic carbocycles. The normalized spacial score (nSPS) is 29.1. The van der Waals surface area contributed by atoms with Crippen LogP contribution in [0.5, 0.6) is 5.88 Å². The van der Waals surface area contributed by atoms with Crippen molar-refractivity contribution in [2.75, 3.05) is 26.0 Å². The molecule has 6 nitrogen and oxygen atoms in total. The van der Waals surface area contributed by atoms with Crippen LogP contribution < -0.4 is 10.1 Å². The average molecular weight is 383 g/mol. The average Bonchev–Trinajstić information content (AvgIpc) is 3.14. The van der Waals surface area contributed by atoms with Gasteiger partial charge in [0.1, 0.15) is 18.2 Å². The third kappa shape index (κ3) is 4.13. The predicted molar refractivity (Wildman–Crippen MR) is 109 cm³/mol. The summed E-state index contributed by atoms with van der Waals surface area (Å²) in [4.78, 5) is 10.9. The van der Waals surface area contributed by atoms with Crippen molar-refractivity contribution in [1.82, 2.24) is 14.9 Å². The standard InChI is InChI=1S/C22H30N4O2/c1-14-8-17(10-19(14)27)28-21-11-20(23-13-24-21)25-22-16(12-26(2)3)9-15-6-4-5-7-18(15)22/h4-7,11,13-14,16-17,19,22,27H,8-10,12H2,1-3H3,(H,23,24,25)/t14-,16+,17+,19+,22-/m1/s1. The summed E-state index contributed by atoms with van der Waals surface area (Å²) in [6.07, 6.45) is 3.86. The molecule has 1 saturated carbocycles. The Bertz CT molecular complexity index is 803. The van der Waals surface area contributed by atoms with E-state index < -0.39 is 0 Å². The van der Waals surface area contributed by atoms with Gasteiger partial charge in [-0.3, -0.25) is 0 Å². The lowest BCUT2D eigenvalue weighted by Gasteiger charge is -2.25. The molecule has 2 aliphatic rings. The van der Waals surface area contributed by atoms with Gasteiger partial charge in [0.15, 0.2) is 0 Å². The molecule has 2 aromatic rings. The van der Waals surface area contributed by atoms with E-state index in [-0.39, 0.29) is 24.2 Å². The van der Waals surface area contributed by atoms with Crippen LogP contribution in [-0.4, -0.2) is 52.8 Å². The Morgan fingerprint density at radius 1 is 1.21 bits per heavy atom. The summed E-state index contributed by atoms with van der Waals surface area (Å²) >= 11 is 0. The molecule has 2 N–H and O–H groups in total. The second-order valence-corrected chi connectivity index (χ2v) is 8.54. The summed E-state index contributed by atoms with van der Waals surface area (Å²) in [7, 11) is 4.24. The number of anilines is 1. The first-order valence-corrected chi connectivity index (χ1v) is 10.2. The number of rotatable bonds is 6. The zero-order valence-corrected chi connectivity index (χ0v) is 16.9. The van der Waals surface area contributed by atoms with E-state index in [0.717, 1.165) is 25.2 Å². The first kappa shape index (κ1) is 19.2. The van der Waals surface area contributed by atoms with Crippen LogP contribution in [0.25, 0.3) is 0 Å². The minimum absolute atomic E-state index is 0.0152. The fraction of sp³-hybridized carbons (Fsp3) is 0.545. The van der Waals surface area contributed by atoms with E-state index in [2.05, 4.69) is 65.5 Å². The monoisotopic (exact) mass is 382 g/mol. The van der Waals surface area contributed by atoms with Crippen molar-refractivity contribution < 1.29 is 9.84 Å². The highest BCUT2D eigenvalue weighted by Gasteiger charge is 2.33.